The lowest BCUT2D eigenvalue weighted by atomic mass is 10.2. The molecule has 0 fully saturated rings. The van der Waals surface area contributed by atoms with Gasteiger partial charge < -0.3 is 60.2 Å². The number of aromatic nitrogens is 20. The number of rotatable bonds is 26. The Morgan fingerprint density at radius 2 is 0.714 bits per heavy atom. The molecule has 620 valence electrons. The second-order valence-electron chi connectivity index (χ2n) is 28.1. The number of fused-ring (bicyclic) bond motifs is 4. The molecule has 0 aromatic carbocycles. The third kappa shape index (κ3) is 18.6. The minimum Gasteiger partial charge on any atom is -0.365 e. The van der Waals surface area contributed by atoms with Gasteiger partial charge in [0.1, 0.15) is 4.21 Å². The molecule has 37 nitrogen and oxygen atoms in total. The van der Waals surface area contributed by atoms with Crippen LogP contribution in [-0.2, 0) is 63.9 Å². The van der Waals surface area contributed by atoms with Gasteiger partial charge in [-0.25, -0.2) is 52.6 Å². The fourth-order valence-electron chi connectivity index (χ4n) is 12.8. The Labute approximate surface area is 700 Å². The van der Waals surface area contributed by atoms with Gasteiger partial charge in [-0.2, -0.15) is 20.4 Å². The summed E-state index contributed by atoms with van der Waals surface area (Å²) in [6.45, 7) is 11.9. The van der Waals surface area contributed by atoms with Gasteiger partial charge in [0.25, 0.3) is 27.7 Å². The van der Waals surface area contributed by atoms with E-state index < -0.39 is 15.9 Å². The zero-order valence-electron chi connectivity index (χ0n) is 67.7. The van der Waals surface area contributed by atoms with Crippen molar-refractivity contribution in [2.24, 2.45) is 56.9 Å². The van der Waals surface area contributed by atoms with Crippen molar-refractivity contribution < 1.29 is 22.8 Å². The molecule has 16 aromatic heterocycles. The SMILES string of the molecule is CCNC(=O)c1sc(Nc2nc(CCN)cn3c(-c4cnn(C)c4)cnc23)cc1C.Cc1cc(Nc2nc(CCN)cn3c(-c4cnn(C)c4)cnc23)sc1C(=O)N(C)C.Cc1cc(Nc2nc(CCN)cn3c(-c4cnn(C)c4)cnc23)sc1C(N)=O.Cc1cc(Nc2nc(CCN)cn3c(-c4cnn(C)c4)cnc23)sc1S(=O)(=O)N(C)C. The van der Waals surface area contributed by atoms with Crippen LogP contribution in [0.25, 0.3) is 67.6 Å². The summed E-state index contributed by atoms with van der Waals surface area (Å²) in [6.07, 6.45) is 32.4. The molecule has 3 amide bonds. The number of amides is 3. The normalized spacial score (nSPS) is 11.5. The van der Waals surface area contributed by atoms with E-state index in [-0.39, 0.29) is 11.8 Å². The number of sulfonamides is 1. The number of thiophene rings is 4. The number of carbonyl (C=O) groups is 3. The summed E-state index contributed by atoms with van der Waals surface area (Å²) in [5, 5.41) is 36.2. The molecule has 0 aliphatic carbocycles. The van der Waals surface area contributed by atoms with Crippen molar-refractivity contribution in [3.8, 4) is 45.0 Å². The summed E-state index contributed by atoms with van der Waals surface area (Å²) in [5.41, 5.74) is 45.3. The molecule has 15 N–H and O–H groups in total. The zero-order chi connectivity index (χ0) is 84.8. The molecule has 0 saturated heterocycles. The molecule has 16 aromatic rings. The molecule has 0 bridgehead atoms. The van der Waals surface area contributed by atoms with E-state index in [0.717, 1.165) is 99.5 Å². The van der Waals surface area contributed by atoms with Gasteiger partial charge in [0, 0.05) is 160 Å². The van der Waals surface area contributed by atoms with E-state index in [4.69, 9.17) is 38.6 Å². The smallest absolute Gasteiger partial charge is 0.263 e. The summed E-state index contributed by atoms with van der Waals surface area (Å²) in [6, 6.07) is 7.59. The molecule has 0 aliphatic rings. The summed E-state index contributed by atoms with van der Waals surface area (Å²) in [7, 11) is 10.5. The maximum absolute atomic E-state index is 12.6. The number of primary amides is 1. The maximum Gasteiger partial charge on any atom is 0.263 e. The minimum absolute atomic E-state index is 0.0137. The van der Waals surface area contributed by atoms with Gasteiger partial charge in [-0.3, -0.25) is 50.7 Å². The molecule has 0 radical (unpaired) electrons. The van der Waals surface area contributed by atoms with Crippen LogP contribution in [0.3, 0.4) is 0 Å². The monoisotopic (exact) mass is 1700 g/mol. The molecule has 0 aliphatic heterocycles. The van der Waals surface area contributed by atoms with Crippen LogP contribution in [0.4, 0.5) is 43.3 Å². The van der Waals surface area contributed by atoms with Crippen LogP contribution in [0.1, 0.15) is 81.0 Å². The summed E-state index contributed by atoms with van der Waals surface area (Å²) in [4.78, 5) is 76.8. The van der Waals surface area contributed by atoms with E-state index in [9.17, 15) is 22.8 Å². The van der Waals surface area contributed by atoms with Crippen LogP contribution in [0.15, 0.2) is 128 Å². The standard InChI is InChI=1S/2C20H24N8OS.C19H24N8O2S2.C18H20N8OS/c1-12-7-16(30-17(12)20(29)26(2)3)25-18-19-22-9-15(13-8-23-27(4)10-13)28(19)11-14(24-18)5-6-21;1-4-22-20(29)17-12(2)7-16(30-17)26-18-19-23-9-15(13-8-24-27(3)10-13)28(19)11-14(25-18)5-6-21;1-12-7-16(30-19(12)31(28,29)25(2)3)24-17-18-21-9-15(13-8-22-26(4)10-13)27(18)11-14(23-17)5-6-20;1-10-5-14(28-15(10)16(20)27)24-17-18-21-7-13(11-6-22-25(2)8-11)26(18)9-12(23-17)3-4-19/h7-11H,5-6,21H2,1-4H3,(H,24,25);7-11H,4-6,21H2,1-3H3,(H,22,29)(H,25,26);7-11H,5-6,20H2,1-4H3,(H,23,24);5-9H,3-4,19H2,1-2H3,(H2,20,27)(H,23,24). The topological polar surface area (TPSA) is 474 Å². The van der Waals surface area contributed by atoms with E-state index in [1.54, 1.807) is 87.9 Å². The molecular weight excluding hydrogens is 1610 g/mol. The van der Waals surface area contributed by atoms with Gasteiger partial charge in [0.05, 0.1) is 130 Å². The summed E-state index contributed by atoms with van der Waals surface area (Å²) < 4.78 is 41.6. The lowest BCUT2D eigenvalue weighted by Crippen LogP contribution is -2.22. The van der Waals surface area contributed by atoms with E-state index in [0.29, 0.717) is 134 Å². The van der Waals surface area contributed by atoms with Crippen molar-refractivity contribution in [3.05, 3.63) is 183 Å². The Hall–Kier alpha value is -12.5. The van der Waals surface area contributed by atoms with Crippen molar-refractivity contribution >= 4 is 139 Å². The first-order valence-electron chi connectivity index (χ1n) is 37.5. The first-order valence-corrected chi connectivity index (χ1v) is 42.2. The number of nitrogens with two attached hydrogens (primary N) is 5. The fourth-order valence-corrected chi connectivity index (χ4v) is 18.5. The van der Waals surface area contributed by atoms with Crippen LogP contribution in [0, 0.1) is 27.7 Å². The largest absolute Gasteiger partial charge is 0.365 e. The Balaban J connectivity index is 0.000000137. The van der Waals surface area contributed by atoms with Gasteiger partial charge in [-0.1, -0.05) is 0 Å². The van der Waals surface area contributed by atoms with Crippen LogP contribution in [-0.4, -0.2) is 193 Å². The minimum atomic E-state index is -3.52. The van der Waals surface area contributed by atoms with E-state index in [2.05, 4.69) is 76.9 Å². The predicted molar refractivity (Wildman–Crippen MR) is 467 cm³/mol. The van der Waals surface area contributed by atoms with Gasteiger partial charge >= 0.3 is 0 Å². The fraction of sp³-hybridized carbons (Fsp3) is 0.286. The number of imidazole rings is 4. The zero-order valence-corrected chi connectivity index (χ0v) is 71.8. The second-order valence-corrected chi connectivity index (χ2v) is 34.7. The molecule has 0 unspecified atom stereocenters. The summed E-state index contributed by atoms with van der Waals surface area (Å²) >= 11 is 5.27. The molecule has 16 rings (SSSR count). The maximum atomic E-state index is 12.6. The predicted octanol–water partition coefficient (Wildman–Crippen LogP) is 8.78. The number of nitrogens with one attached hydrogen (secondary N) is 5. The van der Waals surface area contributed by atoms with Crippen molar-refractivity contribution in [2.45, 2.75) is 64.5 Å². The third-order valence-corrected chi connectivity index (χ3v) is 25.5. The average molecular weight is 1710 g/mol. The number of anilines is 8. The number of carbonyl (C=O) groups excluding carboxylic acids is 3. The van der Waals surface area contributed by atoms with Crippen LogP contribution in [0.2, 0.25) is 0 Å². The lowest BCUT2D eigenvalue weighted by molar-refractivity contribution is 0.0830. The van der Waals surface area contributed by atoms with Gasteiger partial charge in [0.2, 0.25) is 0 Å². The first kappa shape index (κ1) is 84.4. The highest BCUT2D eigenvalue weighted by atomic mass is 32.2. The highest BCUT2D eigenvalue weighted by molar-refractivity contribution is 7.91. The third-order valence-electron chi connectivity index (χ3n) is 18.4. The van der Waals surface area contributed by atoms with Crippen LogP contribution in [0.5, 0.6) is 0 Å². The Morgan fingerprint density at radius 1 is 0.420 bits per heavy atom. The van der Waals surface area contributed by atoms with Crippen molar-refractivity contribution in [1.82, 2.24) is 111 Å². The van der Waals surface area contributed by atoms with Crippen molar-refractivity contribution in [1.29, 1.82) is 0 Å². The average Bonchev–Trinajstić information content (AvgIpc) is 1.64. The van der Waals surface area contributed by atoms with Crippen LogP contribution < -0.4 is 55.3 Å². The van der Waals surface area contributed by atoms with Gasteiger partial charge in [0.15, 0.2) is 45.9 Å². The summed E-state index contributed by atoms with van der Waals surface area (Å²) in [5.74, 6) is 1.86. The van der Waals surface area contributed by atoms with Crippen molar-refractivity contribution in [3.63, 3.8) is 0 Å². The quantitative estimate of drug-likeness (QED) is 0.0242. The highest BCUT2D eigenvalue weighted by Gasteiger charge is 2.27. The van der Waals surface area contributed by atoms with E-state index in [1.165, 1.54) is 63.7 Å². The molecule has 16 heterocycles. The van der Waals surface area contributed by atoms with E-state index in [1.807, 2.05) is 154 Å². The van der Waals surface area contributed by atoms with Gasteiger partial charge in [-0.15, -0.1) is 45.3 Å². The second kappa shape index (κ2) is 36.1. The molecule has 42 heteroatoms. The van der Waals surface area contributed by atoms with Gasteiger partial charge in [-0.05, 0) is 107 Å². The van der Waals surface area contributed by atoms with E-state index >= 15 is 0 Å². The molecule has 0 saturated carbocycles. The number of hydrogen-bond donors (Lipinski definition) is 10. The Morgan fingerprint density at radius 3 is 0.992 bits per heavy atom. The molecule has 119 heavy (non-hydrogen) atoms. The molecular formula is C77H92N32O5S5. The first-order chi connectivity index (χ1) is 57.0. The molecule has 0 spiro atoms. The number of hydrogen-bond acceptors (Lipinski definition) is 29. The highest BCUT2D eigenvalue weighted by Crippen LogP contribution is 2.39. The number of aryl methyl sites for hydroxylation is 8. The number of nitrogens with zero attached hydrogens (tertiary/aromatic N) is 22. The Kier molecular flexibility index (Phi) is 25.6. The lowest BCUT2D eigenvalue weighted by Gasteiger charge is -2.10. The molecule has 0 atom stereocenters. The van der Waals surface area contributed by atoms with Crippen LogP contribution >= 0.6 is 45.3 Å². The Bertz CT molecular complexity index is 6490. The van der Waals surface area contributed by atoms with Crippen molar-refractivity contribution in [2.75, 3.05) is 82.2 Å².